The standard InChI is InChI=1S/C20H26O3/c1-5-18(2)10-7-14-13(11-18)15(22)16(23)17-19(3,12-21)8-6-9-20(14,17)4/h5-6,9,21,23H,1,7-8,10-12H2,2-4H3. The minimum Gasteiger partial charge on any atom is -0.504 e. The third kappa shape index (κ3) is 2.09. The third-order valence-electron chi connectivity index (χ3n) is 6.23. The average molecular weight is 314 g/mol. The highest BCUT2D eigenvalue weighted by Crippen LogP contribution is 2.59. The Bertz CT molecular complexity index is 681. The van der Waals surface area contributed by atoms with Crippen LogP contribution in [-0.2, 0) is 4.79 Å². The first-order chi connectivity index (χ1) is 10.7. The minimum absolute atomic E-state index is 0.0768. The number of hydrogen-bond donors (Lipinski definition) is 2. The van der Waals surface area contributed by atoms with Gasteiger partial charge in [-0.3, -0.25) is 4.79 Å². The van der Waals surface area contributed by atoms with Crippen molar-refractivity contribution < 1.29 is 15.0 Å². The molecule has 0 bridgehead atoms. The van der Waals surface area contributed by atoms with E-state index in [0.29, 0.717) is 18.4 Å². The van der Waals surface area contributed by atoms with Crippen LogP contribution in [0.5, 0.6) is 0 Å². The van der Waals surface area contributed by atoms with E-state index < -0.39 is 10.8 Å². The van der Waals surface area contributed by atoms with Gasteiger partial charge in [0.1, 0.15) is 0 Å². The largest absolute Gasteiger partial charge is 0.504 e. The van der Waals surface area contributed by atoms with Crippen LogP contribution in [0, 0.1) is 16.2 Å². The van der Waals surface area contributed by atoms with Crippen LogP contribution in [0.1, 0.15) is 46.5 Å². The highest BCUT2D eigenvalue weighted by molar-refractivity contribution is 6.09. The summed E-state index contributed by atoms with van der Waals surface area (Å²) in [5, 5.41) is 20.6. The molecule has 0 fully saturated rings. The van der Waals surface area contributed by atoms with E-state index in [1.807, 2.05) is 13.0 Å². The molecule has 2 N–H and O–H groups in total. The van der Waals surface area contributed by atoms with Gasteiger partial charge in [-0.1, -0.05) is 32.1 Å². The van der Waals surface area contributed by atoms with Crippen LogP contribution in [0.15, 0.2) is 47.3 Å². The molecule has 0 saturated heterocycles. The Morgan fingerprint density at radius 2 is 2.04 bits per heavy atom. The molecule has 0 saturated carbocycles. The van der Waals surface area contributed by atoms with E-state index in [0.717, 1.165) is 24.0 Å². The van der Waals surface area contributed by atoms with Gasteiger partial charge in [-0.25, -0.2) is 0 Å². The van der Waals surface area contributed by atoms with Crippen molar-refractivity contribution in [3.8, 4) is 0 Å². The highest BCUT2D eigenvalue weighted by Gasteiger charge is 2.52. The average Bonchev–Trinajstić information content (AvgIpc) is 2.52. The van der Waals surface area contributed by atoms with Crippen molar-refractivity contribution in [3.63, 3.8) is 0 Å². The van der Waals surface area contributed by atoms with Crippen LogP contribution >= 0.6 is 0 Å². The molecule has 0 aromatic carbocycles. The van der Waals surface area contributed by atoms with Crippen molar-refractivity contribution >= 4 is 5.78 Å². The van der Waals surface area contributed by atoms with Gasteiger partial charge in [0.25, 0.3) is 0 Å². The summed E-state index contributed by atoms with van der Waals surface area (Å²) in [6.45, 7) is 9.95. The zero-order valence-electron chi connectivity index (χ0n) is 14.3. The molecule has 3 atom stereocenters. The lowest BCUT2D eigenvalue weighted by Gasteiger charge is -2.50. The smallest absolute Gasteiger partial charge is 0.223 e. The first kappa shape index (κ1) is 16.3. The lowest BCUT2D eigenvalue weighted by molar-refractivity contribution is -0.115. The van der Waals surface area contributed by atoms with Crippen molar-refractivity contribution in [1.29, 1.82) is 0 Å². The summed E-state index contributed by atoms with van der Waals surface area (Å²) >= 11 is 0. The van der Waals surface area contributed by atoms with Gasteiger partial charge >= 0.3 is 0 Å². The second kappa shape index (κ2) is 4.94. The summed E-state index contributed by atoms with van der Waals surface area (Å²) in [5.41, 5.74) is 1.41. The predicted octanol–water partition coefficient (Wildman–Crippen LogP) is 4.02. The summed E-state index contributed by atoms with van der Waals surface area (Å²) in [7, 11) is 0. The van der Waals surface area contributed by atoms with E-state index in [1.165, 1.54) is 0 Å². The van der Waals surface area contributed by atoms with Crippen LogP contribution in [0.25, 0.3) is 0 Å². The highest BCUT2D eigenvalue weighted by atomic mass is 16.3. The third-order valence-corrected chi connectivity index (χ3v) is 6.23. The Balaban J connectivity index is 2.21. The van der Waals surface area contributed by atoms with Crippen LogP contribution in [0.4, 0.5) is 0 Å². The lowest BCUT2D eigenvalue weighted by Crippen LogP contribution is -2.44. The van der Waals surface area contributed by atoms with Gasteiger partial charge in [0.05, 0.1) is 6.61 Å². The molecule has 0 heterocycles. The van der Waals surface area contributed by atoms with E-state index in [4.69, 9.17) is 0 Å². The number of hydrogen-bond acceptors (Lipinski definition) is 3. The van der Waals surface area contributed by atoms with Crippen LogP contribution in [0.3, 0.4) is 0 Å². The molecule has 0 aromatic heterocycles. The first-order valence-electron chi connectivity index (χ1n) is 8.34. The molecule has 3 rings (SSSR count). The fourth-order valence-electron chi connectivity index (χ4n) is 4.68. The number of carbonyl (C=O) groups is 1. The van der Waals surface area contributed by atoms with Crippen LogP contribution < -0.4 is 0 Å². The molecule has 3 heteroatoms. The quantitative estimate of drug-likeness (QED) is 0.757. The number of Topliss-reactive ketones (excluding diaryl/α,β-unsaturated/α-hetero) is 1. The SMILES string of the molecule is C=CC1(C)CCC2=C(C1)C(=O)C(O)=C1C(C)(CO)CC=CC21C. The number of rotatable bonds is 2. The molecule has 0 aliphatic heterocycles. The number of aliphatic hydroxyl groups excluding tert-OH is 2. The second-order valence-corrected chi connectivity index (χ2v) is 8.07. The van der Waals surface area contributed by atoms with Gasteiger partial charge in [0.15, 0.2) is 5.76 Å². The molecule has 3 unspecified atom stereocenters. The molecule has 0 radical (unpaired) electrons. The van der Waals surface area contributed by atoms with Gasteiger partial charge in [0.2, 0.25) is 5.78 Å². The summed E-state index contributed by atoms with van der Waals surface area (Å²) in [6.07, 6.45) is 9.15. The van der Waals surface area contributed by atoms with E-state index in [1.54, 1.807) is 0 Å². The Kier molecular flexibility index (Phi) is 3.49. The molecule has 3 aliphatic rings. The maximum Gasteiger partial charge on any atom is 0.223 e. The lowest BCUT2D eigenvalue weighted by atomic mass is 9.53. The topological polar surface area (TPSA) is 57.5 Å². The fourth-order valence-corrected chi connectivity index (χ4v) is 4.68. The van der Waals surface area contributed by atoms with Crippen LogP contribution in [0.2, 0.25) is 0 Å². The molecule has 23 heavy (non-hydrogen) atoms. The molecule has 3 aliphatic carbocycles. The normalized spacial score (nSPS) is 40.1. The van der Waals surface area contributed by atoms with Gasteiger partial charge in [-0.05, 0) is 49.2 Å². The van der Waals surface area contributed by atoms with Crippen molar-refractivity contribution in [2.45, 2.75) is 46.5 Å². The van der Waals surface area contributed by atoms with Crippen molar-refractivity contribution in [3.05, 3.63) is 47.3 Å². The van der Waals surface area contributed by atoms with E-state index in [-0.39, 0.29) is 23.6 Å². The Labute approximate surface area is 138 Å². The summed E-state index contributed by atoms with van der Waals surface area (Å²) in [6, 6.07) is 0. The molecule has 0 aromatic rings. The predicted molar refractivity (Wildman–Crippen MR) is 90.9 cm³/mol. The van der Waals surface area contributed by atoms with E-state index >= 15 is 0 Å². The summed E-state index contributed by atoms with van der Waals surface area (Å²) < 4.78 is 0. The maximum absolute atomic E-state index is 12.9. The first-order valence-corrected chi connectivity index (χ1v) is 8.34. The minimum atomic E-state index is -0.582. The van der Waals surface area contributed by atoms with Gasteiger partial charge in [0, 0.05) is 16.4 Å². The molecule has 0 amide bonds. The van der Waals surface area contributed by atoms with E-state index in [9.17, 15) is 15.0 Å². The molecular weight excluding hydrogens is 288 g/mol. The summed E-state index contributed by atoms with van der Waals surface area (Å²) in [4.78, 5) is 12.9. The Hall–Kier alpha value is -1.61. The van der Waals surface area contributed by atoms with Gasteiger partial charge in [-0.15, -0.1) is 6.58 Å². The fraction of sp³-hybridized carbons (Fsp3) is 0.550. The van der Waals surface area contributed by atoms with Crippen LogP contribution in [-0.4, -0.2) is 22.6 Å². The number of carbonyl (C=O) groups excluding carboxylic acids is 1. The zero-order chi connectivity index (χ0) is 17.0. The number of ketones is 1. The number of aliphatic hydroxyl groups is 2. The van der Waals surface area contributed by atoms with E-state index in [2.05, 4.69) is 32.6 Å². The zero-order valence-corrected chi connectivity index (χ0v) is 14.3. The number of fused-ring (bicyclic) bond motifs is 2. The van der Waals surface area contributed by atoms with Crippen molar-refractivity contribution in [1.82, 2.24) is 0 Å². The van der Waals surface area contributed by atoms with Crippen molar-refractivity contribution in [2.24, 2.45) is 16.2 Å². The monoisotopic (exact) mass is 314 g/mol. The number of allylic oxidation sites excluding steroid dienone is 5. The molecule has 0 spiro atoms. The summed E-state index contributed by atoms with van der Waals surface area (Å²) in [5.74, 6) is -0.407. The molecular formula is C20H26O3. The maximum atomic E-state index is 12.9. The second-order valence-electron chi connectivity index (χ2n) is 8.07. The molecule has 3 nitrogen and oxygen atoms in total. The molecule has 124 valence electrons. The van der Waals surface area contributed by atoms with Crippen molar-refractivity contribution in [2.75, 3.05) is 6.61 Å². The Morgan fingerprint density at radius 3 is 2.65 bits per heavy atom. The van der Waals surface area contributed by atoms with Gasteiger partial charge in [-0.2, -0.15) is 0 Å². The van der Waals surface area contributed by atoms with Gasteiger partial charge < -0.3 is 10.2 Å². The Morgan fingerprint density at radius 1 is 1.35 bits per heavy atom.